The standard InChI is InChI=1S/C25H29N5O4/c1-3-29-14-6-7-18(29)15-26-22(31)16-27-24(32)23-20-8-4-5-9-21(20)25(33)30(28-23)17-10-12-19(34-2)13-11-17/h4-5,8-13,18H,3,6-7,14-16H2,1-2H3,(H,26,31)(H,27,32). The van der Waals surface area contributed by atoms with Crippen LogP contribution in [-0.4, -0.2) is 65.8 Å². The Balaban J connectivity index is 1.52. The zero-order valence-electron chi connectivity index (χ0n) is 19.4. The van der Waals surface area contributed by atoms with Crippen LogP contribution >= 0.6 is 0 Å². The minimum atomic E-state index is -0.523. The summed E-state index contributed by atoms with van der Waals surface area (Å²) in [6, 6.07) is 14.0. The first-order valence-electron chi connectivity index (χ1n) is 11.5. The highest BCUT2D eigenvalue weighted by Crippen LogP contribution is 2.18. The summed E-state index contributed by atoms with van der Waals surface area (Å²) in [5.41, 5.74) is 0.235. The second-order valence-corrected chi connectivity index (χ2v) is 8.22. The fourth-order valence-electron chi connectivity index (χ4n) is 4.34. The number of amides is 2. The summed E-state index contributed by atoms with van der Waals surface area (Å²) in [6.07, 6.45) is 2.19. The average molecular weight is 464 g/mol. The SMILES string of the molecule is CCN1CCCC1CNC(=O)CNC(=O)c1nn(-c2ccc(OC)cc2)c(=O)c2ccccc12. The van der Waals surface area contributed by atoms with E-state index in [4.69, 9.17) is 4.74 Å². The molecular weight excluding hydrogens is 434 g/mol. The minimum absolute atomic E-state index is 0.0757. The summed E-state index contributed by atoms with van der Waals surface area (Å²) in [5.74, 6) is -0.144. The Morgan fingerprint density at radius 3 is 2.53 bits per heavy atom. The lowest BCUT2D eigenvalue weighted by Crippen LogP contribution is -2.44. The van der Waals surface area contributed by atoms with E-state index in [0.717, 1.165) is 25.9 Å². The molecule has 1 aliphatic heterocycles. The predicted octanol–water partition coefficient (Wildman–Crippen LogP) is 1.72. The van der Waals surface area contributed by atoms with Gasteiger partial charge in [0.15, 0.2) is 5.69 Å². The lowest BCUT2D eigenvalue weighted by atomic mass is 10.1. The molecule has 0 aliphatic carbocycles. The zero-order valence-corrected chi connectivity index (χ0v) is 19.4. The van der Waals surface area contributed by atoms with Crippen molar-refractivity contribution in [3.05, 3.63) is 64.6 Å². The molecule has 34 heavy (non-hydrogen) atoms. The van der Waals surface area contributed by atoms with E-state index in [1.807, 2.05) is 0 Å². The quantitative estimate of drug-likeness (QED) is 0.527. The Hall–Kier alpha value is -3.72. The van der Waals surface area contributed by atoms with E-state index >= 15 is 0 Å². The highest BCUT2D eigenvalue weighted by molar-refractivity contribution is 6.05. The monoisotopic (exact) mass is 463 g/mol. The number of likely N-dealkylation sites (tertiary alicyclic amines) is 1. The van der Waals surface area contributed by atoms with Gasteiger partial charge in [0.1, 0.15) is 5.75 Å². The molecule has 2 amide bonds. The van der Waals surface area contributed by atoms with Crippen molar-refractivity contribution in [2.24, 2.45) is 0 Å². The van der Waals surface area contributed by atoms with Crippen molar-refractivity contribution >= 4 is 22.6 Å². The number of carbonyl (C=O) groups excluding carboxylic acids is 2. The van der Waals surface area contributed by atoms with E-state index in [1.54, 1.807) is 55.6 Å². The van der Waals surface area contributed by atoms with Crippen molar-refractivity contribution in [1.29, 1.82) is 0 Å². The van der Waals surface area contributed by atoms with E-state index in [0.29, 0.717) is 34.8 Å². The number of carbonyl (C=O) groups is 2. The maximum atomic E-state index is 13.1. The Labute approximate surface area is 197 Å². The van der Waals surface area contributed by atoms with Gasteiger partial charge < -0.3 is 15.4 Å². The molecule has 1 aliphatic rings. The van der Waals surface area contributed by atoms with Gasteiger partial charge in [-0.3, -0.25) is 19.3 Å². The Morgan fingerprint density at radius 1 is 1.09 bits per heavy atom. The molecule has 2 aromatic carbocycles. The molecule has 1 atom stereocenters. The molecule has 1 unspecified atom stereocenters. The van der Waals surface area contributed by atoms with E-state index in [9.17, 15) is 14.4 Å². The van der Waals surface area contributed by atoms with Gasteiger partial charge in [-0.25, -0.2) is 0 Å². The molecule has 0 bridgehead atoms. The minimum Gasteiger partial charge on any atom is -0.497 e. The molecule has 9 nitrogen and oxygen atoms in total. The van der Waals surface area contributed by atoms with Crippen molar-refractivity contribution in [3.63, 3.8) is 0 Å². The van der Waals surface area contributed by atoms with Gasteiger partial charge in [0.25, 0.3) is 11.5 Å². The number of hydrogen-bond donors (Lipinski definition) is 2. The van der Waals surface area contributed by atoms with Crippen molar-refractivity contribution < 1.29 is 14.3 Å². The summed E-state index contributed by atoms with van der Waals surface area (Å²) in [4.78, 5) is 40.8. The molecule has 2 N–H and O–H groups in total. The topological polar surface area (TPSA) is 106 Å². The first-order chi connectivity index (χ1) is 16.5. The van der Waals surface area contributed by atoms with Crippen molar-refractivity contribution in [3.8, 4) is 11.4 Å². The number of methoxy groups -OCH3 is 1. The van der Waals surface area contributed by atoms with E-state index < -0.39 is 5.91 Å². The van der Waals surface area contributed by atoms with E-state index in [-0.39, 0.29) is 23.7 Å². The third-order valence-electron chi connectivity index (χ3n) is 6.19. The Morgan fingerprint density at radius 2 is 1.82 bits per heavy atom. The number of hydrogen-bond acceptors (Lipinski definition) is 6. The van der Waals surface area contributed by atoms with Crippen LogP contribution in [0.15, 0.2) is 53.3 Å². The molecule has 1 saturated heterocycles. The Bertz CT molecular complexity index is 1240. The smallest absolute Gasteiger partial charge is 0.279 e. The van der Waals surface area contributed by atoms with Crippen LogP contribution in [0, 0.1) is 0 Å². The summed E-state index contributed by atoms with van der Waals surface area (Å²) in [5, 5.41) is 10.7. The number of nitrogens with one attached hydrogen (secondary N) is 2. The summed E-state index contributed by atoms with van der Waals surface area (Å²) in [6.45, 7) is 4.51. The maximum Gasteiger partial charge on any atom is 0.279 e. The first kappa shape index (κ1) is 23.4. The number of benzene rings is 2. The maximum absolute atomic E-state index is 13.1. The number of ether oxygens (including phenoxy) is 1. The highest BCUT2D eigenvalue weighted by Gasteiger charge is 2.23. The largest absolute Gasteiger partial charge is 0.497 e. The first-order valence-corrected chi connectivity index (χ1v) is 11.5. The van der Waals surface area contributed by atoms with E-state index in [1.165, 1.54) is 4.68 Å². The normalized spacial score (nSPS) is 15.9. The van der Waals surface area contributed by atoms with Gasteiger partial charge in [0.05, 0.1) is 24.7 Å². The molecule has 1 aromatic heterocycles. The molecule has 178 valence electrons. The molecule has 3 aromatic rings. The van der Waals surface area contributed by atoms with Gasteiger partial charge >= 0.3 is 0 Å². The van der Waals surface area contributed by atoms with Crippen LogP contribution in [0.1, 0.15) is 30.3 Å². The number of aromatic nitrogens is 2. The van der Waals surface area contributed by atoms with Crippen LogP contribution in [0.3, 0.4) is 0 Å². The molecule has 0 saturated carbocycles. The molecule has 2 heterocycles. The fourth-order valence-corrected chi connectivity index (χ4v) is 4.34. The predicted molar refractivity (Wildman–Crippen MR) is 130 cm³/mol. The average Bonchev–Trinajstić information content (AvgIpc) is 3.34. The lowest BCUT2D eigenvalue weighted by Gasteiger charge is -2.22. The van der Waals surface area contributed by atoms with Crippen LogP contribution in [0.4, 0.5) is 0 Å². The van der Waals surface area contributed by atoms with Crippen LogP contribution in [0.25, 0.3) is 16.5 Å². The van der Waals surface area contributed by atoms with Gasteiger partial charge in [-0.2, -0.15) is 9.78 Å². The van der Waals surface area contributed by atoms with Crippen LogP contribution in [0.5, 0.6) is 5.75 Å². The number of likely N-dealkylation sites (N-methyl/N-ethyl adjacent to an activating group) is 1. The number of fused-ring (bicyclic) bond motifs is 1. The van der Waals surface area contributed by atoms with Crippen LogP contribution in [-0.2, 0) is 4.79 Å². The van der Waals surface area contributed by atoms with Crippen LogP contribution < -0.4 is 20.9 Å². The fraction of sp³-hybridized carbons (Fsp3) is 0.360. The summed E-state index contributed by atoms with van der Waals surface area (Å²) in [7, 11) is 1.56. The van der Waals surface area contributed by atoms with E-state index in [2.05, 4.69) is 27.6 Å². The number of rotatable bonds is 8. The Kier molecular flexibility index (Phi) is 7.22. The van der Waals surface area contributed by atoms with Crippen LogP contribution in [0.2, 0.25) is 0 Å². The zero-order chi connectivity index (χ0) is 24.1. The second kappa shape index (κ2) is 10.5. The molecule has 9 heteroatoms. The van der Waals surface area contributed by atoms with Gasteiger partial charge in [-0.15, -0.1) is 0 Å². The molecule has 4 rings (SSSR count). The number of nitrogens with zero attached hydrogens (tertiary/aromatic N) is 3. The second-order valence-electron chi connectivity index (χ2n) is 8.22. The van der Waals surface area contributed by atoms with Crippen molar-refractivity contribution in [2.75, 3.05) is 33.3 Å². The van der Waals surface area contributed by atoms with Crippen molar-refractivity contribution in [2.45, 2.75) is 25.8 Å². The molecule has 0 spiro atoms. The van der Waals surface area contributed by atoms with Gasteiger partial charge in [-0.05, 0) is 56.3 Å². The van der Waals surface area contributed by atoms with Gasteiger partial charge in [0, 0.05) is 18.0 Å². The van der Waals surface area contributed by atoms with Gasteiger partial charge in [0.2, 0.25) is 5.91 Å². The molecule has 0 radical (unpaired) electrons. The summed E-state index contributed by atoms with van der Waals surface area (Å²) < 4.78 is 6.36. The highest BCUT2D eigenvalue weighted by atomic mass is 16.5. The third-order valence-corrected chi connectivity index (χ3v) is 6.19. The lowest BCUT2D eigenvalue weighted by molar-refractivity contribution is -0.120. The summed E-state index contributed by atoms with van der Waals surface area (Å²) >= 11 is 0. The molecular formula is C25H29N5O4. The van der Waals surface area contributed by atoms with Gasteiger partial charge in [-0.1, -0.05) is 25.1 Å². The molecule has 1 fully saturated rings. The third kappa shape index (κ3) is 4.94. The van der Waals surface area contributed by atoms with Crippen molar-refractivity contribution in [1.82, 2.24) is 25.3 Å².